The minimum absolute atomic E-state index is 0.0918. The molecule has 0 aromatic heterocycles. The maximum Gasteiger partial charge on any atom is 0.339 e. The molecule has 0 saturated heterocycles. The number of ether oxygens (including phenoxy) is 1. The van der Waals surface area contributed by atoms with E-state index < -0.39 is 34.1 Å². The van der Waals surface area contributed by atoms with Crippen LogP contribution in [0, 0.1) is 23.5 Å². The second-order valence-corrected chi connectivity index (χ2v) is 10.3. The van der Waals surface area contributed by atoms with Crippen LogP contribution in [-0.2, 0) is 15.6 Å². The molecule has 0 amide bonds. The first-order valence-corrected chi connectivity index (χ1v) is 12.2. The van der Waals surface area contributed by atoms with Crippen molar-refractivity contribution in [1.29, 1.82) is 0 Å². The minimum atomic E-state index is -1.22. The number of halogens is 2. The van der Waals surface area contributed by atoms with Crippen LogP contribution < -0.4 is 0 Å². The van der Waals surface area contributed by atoms with Crippen LogP contribution in [0.1, 0.15) is 29.8 Å². The zero-order valence-electron chi connectivity index (χ0n) is 19.3. The molecule has 0 bridgehead atoms. The molecule has 0 aliphatic heterocycles. The summed E-state index contributed by atoms with van der Waals surface area (Å²) in [6.07, 6.45) is 0. The average Bonchev–Trinajstić information content (AvgIpc) is 2.86. The van der Waals surface area contributed by atoms with E-state index >= 15 is 0 Å². The summed E-state index contributed by atoms with van der Waals surface area (Å²) in [7, 11) is -0.411. The first-order valence-electron chi connectivity index (χ1n) is 11.0. The van der Waals surface area contributed by atoms with Gasteiger partial charge in [-0.2, -0.15) is 0 Å². The molecule has 4 aromatic carbocycles. The molecular formula is C30H23F2O2S+. The summed E-state index contributed by atoms with van der Waals surface area (Å²) in [5, 5.41) is 0. The number of hydrogen-bond donors (Lipinski definition) is 0. The largest absolute Gasteiger partial charge is 0.443 e. The van der Waals surface area contributed by atoms with Crippen LogP contribution in [0.5, 0.6) is 0 Å². The predicted molar refractivity (Wildman–Crippen MR) is 134 cm³/mol. The summed E-state index contributed by atoms with van der Waals surface area (Å²) in [4.78, 5) is 16.3. The van der Waals surface area contributed by atoms with Gasteiger partial charge >= 0.3 is 5.97 Å². The van der Waals surface area contributed by atoms with Crippen molar-refractivity contribution in [3.8, 4) is 11.8 Å². The van der Waals surface area contributed by atoms with Crippen molar-refractivity contribution < 1.29 is 18.3 Å². The van der Waals surface area contributed by atoms with Crippen molar-refractivity contribution in [2.45, 2.75) is 34.1 Å². The van der Waals surface area contributed by atoms with Crippen molar-refractivity contribution in [2.24, 2.45) is 0 Å². The van der Waals surface area contributed by atoms with E-state index in [-0.39, 0.29) is 5.56 Å². The second kappa shape index (κ2) is 10.6. The molecule has 0 heterocycles. The van der Waals surface area contributed by atoms with Crippen molar-refractivity contribution in [3.05, 3.63) is 126 Å². The topological polar surface area (TPSA) is 26.3 Å². The lowest BCUT2D eigenvalue weighted by atomic mass is 10.1. The first kappa shape index (κ1) is 24.3. The lowest BCUT2D eigenvalue weighted by molar-refractivity contribution is 0.0204. The maximum atomic E-state index is 13.9. The third-order valence-electron chi connectivity index (χ3n) is 5.04. The maximum absolute atomic E-state index is 13.9. The summed E-state index contributed by atoms with van der Waals surface area (Å²) in [6, 6.07) is 30.7. The Bertz CT molecular complexity index is 1350. The molecule has 35 heavy (non-hydrogen) atoms. The zero-order chi connectivity index (χ0) is 24.8. The molecule has 0 fully saturated rings. The van der Waals surface area contributed by atoms with Crippen molar-refractivity contribution >= 4 is 16.9 Å². The summed E-state index contributed by atoms with van der Waals surface area (Å²) < 4.78 is 33.0. The molecule has 2 nitrogen and oxygen atoms in total. The van der Waals surface area contributed by atoms with E-state index in [4.69, 9.17) is 4.74 Å². The van der Waals surface area contributed by atoms with Crippen molar-refractivity contribution in [2.75, 3.05) is 0 Å². The SMILES string of the molecule is CC(C)(C#Cc1cc(F)ccc1F)OC(=O)c1cccc([S+](c2ccccc2)c2ccccc2)c1. The monoisotopic (exact) mass is 485 g/mol. The Morgan fingerprint density at radius 3 is 2.00 bits per heavy atom. The molecule has 4 rings (SSSR count). The molecular weight excluding hydrogens is 462 g/mol. The van der Waals surface area contributed by atoms with E-state index in [1.807, 2.05) is 54.6 Å². The van der Waals surface area contributed by atoms with Crippen molar-refractivity contribution in [3.63, 3.8) is 0 Å². The number of hydrogen-bond acceptors (Lipinski definition) is 2. The van der Waals surface area contributed by atoms with E-state index in [0.29, 0.717) is 5.56 Å². The molecule has 4 aromatic rings. The van der Waals surface area contributed by atoms with Crippen molar-refractivity contribution in [1.82, 2.24) is 0 Å². The van der Waals surface area contributed by atoms with Gasteiger partial charge in [0.15, 0.2) is 20.3 Å². The lowest BCUT2D eigenvalue weighted by Crippen LogP contribution is -2.26. The highest BCUT2D eigenvalue weighted by molar-refractivity contribution is 7.97. The highest BCUT2D eigenvalue weighted by atomic mass is 32.2. The number of carbonyl (C=O) groups is 1. The van der Waals surface area contributed by atoms with Gasteiger partial charge in [0.25, 0.3) is 0 Å². The first-order chi connectivity index (χ1) is 16.8. The quantitative estimate of drug-likeness (QED) is 0.172. The highest BCUT2D eigenvalue weighted by Crippen LogP contribution is 2.31. The third kappa shape index (κ3) is 6.17. The normalized spacial score (nSPS) is 11.0. The number of esters is 1. The van der Waals surface area contributed by atoms with Gasteiger partial charge in [-0.15, -0.1) is 0 Å². The fourth-order valence-electron chi connectivity index (χ4n) is 3.40. The molecule has 0 aliphatic rings. The summed E-state index contributed by atoms with van der Waals surface area (Å²) >= 11 is 0. The average molecular weight is 486 g/mol. The predicted octanol–water partition coefficient (Wildman–Crippen LogP) is 7.05. The van der Waals surface area contributed by atoms with Gasteiger partial charge in [-0.05, 0) is 68.4 Å². The van der Waals surface area contributed by atoms with E-state index in [0.717, 1.165) is 32.9 Å². The molecule has 0 unspecified atom stereocenters. The Morgan fingerprint density at radius 1 is 0.771 bits per heavy atom. The Kier molecular flexibility index (Phi) is 7.33. The van der Waals surface area contributed by atoms with Crippen LogP contribution in [0.4, 0.5) is 8.78 Å². The number of carbonyl (C=O) groups excluding carboxylic acids is 1. The highest BCUT2D eigenvalue weighted by Gasteiger charge is 2.30. The standard InChI is InChI=1S/C30H23F2O2S/c1-30(2,19-18-22-20-24(31)16-17-28(22)32)34-29(33)23-10-9-15-27(21-23)35(25-11-5-3-6-12-25)26-13-7-4-8-14-26/h3-17,20-21H,1-2H3/q+1. The molecule has 0 atom stereocenters. The Hall–Kier alpha value is -3.88. The Balaban J connectivity index is 1.61. The van der Waals surface area contributed by atoms with Gasteiger partial charge in [0.1, 0.15) is 11.6 Å². The summed E-state index contributed by atoms with van der Waals surface area (Å²) in [5.74, 6) is 3.55. The lowest BCUT2D eigenvalue weighted by Gasteiger charge is -2.19. The summed E-state index contributed by atoms with van der Waals surface area (Å²) in [6.45, 7) is 3.22. The number of rotatable bonds is 5. The summed E-state index contributed by atoms with van der Waals surface area (Å²) in [5.41, 5.74) is -0.920. The van der Waals surface area contributed by atoms with Crippen LogP contribution >= 0.6 is 0 Å². The minimum Gasteiger partial charge on any atom is -0.443 e. The van der Waals surface area contributed by atoms with E-state index in [1.165, 1.54) is 0 Å². The van der Waals surface area contributed by atoms with Crippen LogP contribution in [-0.4, -0.2) is 11.6 Å². The molecule has 0 saturated carbocycles. The Morgan fingerprint density at radius 2 is 1.37 bits per heavy atom. The van der Waals surface area contributed by atoms with Gasteiger partial charge in [0.05, 0.1) is 22.0 Å². The molecule has 5 heteroatoms. The second-order valence-electron chi connectivity index (χ2n) is 8.23. The fourth-order valence-corrected chi connectivity index (χ4v) is 5.53. The third-order valence-corrected chi connectivity index (χ3v) is 7.25. The molecule has 0 N–H and O–H groups in total. The Labute approximate surface area is 206 Å². The van der Waals surface area contributed by atoms with Gasteiger partial charge in [-0.1, -0.05) is 54.3 Å². The smallest absolute Gasteiger partial charge is 0.339 e. The van der Waals surface area contributed by atoms with Crippen LogP contribution in [0.2, 0.25) is 0 Å². The van der Waals surface area contributed by atoms with E-state index in [9.17, 15) is 13.6 Å². The van der Waals surface area contributed by atoms with Gasteiger partial charge in [-0.25, -0.2) is 13.6 Å². The molecule has 0 spiro atoms. The van der Waals surface area contributed by atoms with Gasteiger partial charge in [0.2, 0.25) is 0 Å². The van der Waals surface area contributed by atoms with E-state index in [1.54, 1.807) is 19.9 Å². The van der Waals surface area contributed by atoms with E-state index in [2.05, 4.69) is 36.1 Å². The van der Waals surface area contributed by atoms with Gasteiger partial charge < -0.3 is 4.74 Å². The van der Waals surface area contributed by atoms with Crippen LogP contribution in [0.25, 0.3) is 0 Å². The van der Waals surface area contributed by atoms with Gasteiger partial charge in [0, 0.05) is 6.07 Å². The van der Waals surface area contributed by atoms with Gasteiger partial charge in [-0.3, -0.25) is 0 Å². The van der Waals surface area contributed by atoms with Crippen LogP contribution in [0.15, 0.2) is 118 Å². The number of benzene rings is 4. The van der Waals surface area contributed by atoms with Crippen LogP contribution in [0.3, 0.4) is 0 Å². The fraction of sp³-hybridized carbons (Fsp3) is 0.100. The zero-order valence-corrected chi connectivity index (χ0v) is 20.1. The molecule has 0 radical (unpaired) electrons. The molecule has 174 valence electrons. The molecule has 0 aliphatic carbocycles.